The normalized spacial score (nSPS) is 11.6. The number of esters is 4. The predicted molar refractivity (Wildman–Crippen MR) is 324 cm³/mol. The van der Waals surface area contributed by atoms with Gasteiger partial charge in [-0.25, -0.2) is 19.2 Å². The Hall–Kier alpha value is -8.32. The maximum Gasteiger partial charge on any atom is 0.355 e. The van der Waals surface area contributed by atoms with Gasteiger partial charge in [0, 0.05) is 33.9 Å². The third kappa shape index (κ3) is 15.0. The van der Waals surface area contributed by atoms with Crippen molar-refractivity contribution in [1.29, 1.82) is 0 Å². The molecule has 0 aliphatic rings. The van der Waals surface area contributed by atoms with Crippen LogP contribution in [0.15, 0.2) is 48.5 Å². The van der Waals surface area contributed by atoms with Gasteiger partial charge >= 0.3 is 23.9 Å². The quantitative estimate of drug-likeness (QED) is 0.0475. The van der Waals surface area contributed by atoms with Crippen molar-refractivity contribution in [3.8, 4) is 47.4 Å². The Bertz CT molecular complexity index is 3280. The highest BCUT2D eigenvalue weighted by Crippen LogP contribution is 2.41. The van der Waals surface area contributed by atoms with E-state index < -0.39 is 58.1 Å². The molecule has 6 rings (SSSR count). The van der Waals surface area contributed by atoms with Crippen molar-refractivity contribution in [3.05, 3.63) is 161 Å². The number of ether oxygens (including phenoxy) is 4. The van der Waals surface area contributed by atoms with Crippen molar-refractivity contribution >= 4 is 23.9 Å². The van der Waals surface area contributed by atoms with Gasteiger partial charge in [0.05, 0.1) is 11.8 Å². The van der Waals surface area contributed by atoms with Crippen LogP contribution in [0, 0.1) is 75.1 Å². The first-order chi connectivity index (χ1) is 38.3. The summed E-state index contributed by atoms with van der Waals surface area (Å²) in [4.78, 5) is 68.8. The Labute approximate surface area is 486 Å². The first-order valence-electron chi connectivity index (χ1n) is 28.3. The lowest BCUT2D eigenvalue weighted by molar-refractivity contribution is 0.00496. The summed E-state index contributed by atoms with van der Waals surface area (Å²) in [5.41, 5.74) is 12.2. The van der Waals surface area contributed by atoms with Crippen molar-refractivity contribution in [3.63, 3.8) is 0 Å². The molecule has 0 saturated carbocycles. The van der Waals surface area contributed by atoms with E-state index in [2.05, 4.69) is 67.3 Å². The van der Waals surface area contributed by atoms with Gasteiger partial charge in [0.15, 0.2) is 0 Å². The van der Waals surface area contributed by atoms with Crippen LogP contribution in [0.1, 0.15) is 254 Å². The molecule has 0 spiro atoms. The molecule has 0 aliphatic heterocycles. The lowest BCUT2D eigenvalue weighted by Crippen LogP contribution is -2.25. The number of carbonyl (C=O) groups excluding carboxylic acids is 4. The molecule has 4 N–H and O–H groups in total. The minimum Gasteiger partial charge on any atom is -0.455 e. The van der Waals surface area contributed by atoms with Gasteiger partial charge in [-0.05, 0) is 252 Å². The number of carbonyl (C=O) groups is 4. The van der Waals surface area contributed by atoms with Crippen LogP contribution in [-0.2, 0) is 44.6 Å². The van der Waals surface area contributed by atoms with Gasteiger partial charge in [-0.1, -0.05) is 63.8 Å². The van der Waals surface area contributed by atoms with Crippen molar-refractivity contribution in [2.24, 2.45) is 0 Å². The SMILES string of the molecule is CCc1c(C(=O)OC(C)(C)C)[nH]c(C(c2cccc(C#CC#CC#CC#Cc3cccc(C(c4[nH]c(C(=O)OC(C)(C)C)c(CC)c4C)c4[nH]c(C(=O)OC(C)(C)C)c(CC)c4C)c3)c2)c2[nH]c(C(=O)OC(C)(C)C)c(CC)c2C)c1C. The van der Waals surface area contributed by atoms with Crippen LogP contribution >= 0.6 is 0 Å². The first kappa shape index (κ1) is 62.9. The summed E-state index contributed by atoms with van der Waals surface area (Å²) in [6.45, 7) is 38.2. The fraction of sp³-hybridized carbons (Fsp3) is 0.429. The molecule has 4 aromatic heterocycles. The zero-order valence-electron chi connectivity index (χ0n) is 51.9. The van der Waals surface area contributed by atoms with Crippen LogP contribution in [0.2, 0.25) is 0 Å². The minimum atomic E-state index is -0.704. The molecule has 0 amide bonds. The van der Waals surface area contributed by atoms with Crippen molar-refractivity contribution in [2.75, 3.05) is 0 Å². The number of hydrogen-bond donors (Lipinski definition) is 4. The number of aromatic amines is 4. The molecule has 0 fully saturated rings. The molecular weight excluding hydrogens is 1020 g/mol. The fourth-order valence-electron chi connectivity index (χ4n) is 10.4. The molecule has 0 unspecified atom stereocenters. The molecule has 12 nitrogen and oxygen atoms in total. The number of aromatic nitrogens is 4. The lowest BCUT2D eigenvalue weighted by Gasteiger charge is -2.20. The summed E-state index contributed by atoms with van der Waals surface area (Å²) in [7, 11) is 0. The Morgan fingerprint density at radius 3 is 0.841 bits per heavy atom. The highest BCUT2D eigenvalue weighted by atomic mass is 16.6. The summed E-state index contributed by atoms with van der Waals surface area (Å²) in [6.07, 6.45) is 2.36. The maximum atomic E-state index is 13.7. The van der Waals surface area contributed by atoms with Gasteiger partial charge in [-0.2, -0.15) is 0 Å². The lowest BCUT2D eigenvalue weighted by atomic mass is 9.86. The molecule has 0 bridgehead atoms. The second-order valence-corrected chi connectivity index (χ2v) is 24.6. The highest BCUT2D eigenvalue weighted by Gasteiger charge is 2.35. The predicted octanol–water partition coefficient (Wildman–Crippen LogP) is 14.1. The van der Waals surface area contributed by atoms with Gasteiger partial charge in [-0.15, -0.1) is 0 Å². The molecule has 12 heteroatoms. The zero-order chi connectivity index (χ0) is 60.8. The van der Waals surface area contributed by atoms with Crippen LogP contribution in [0.4, 0.5) is 0 Å². The van der Waals surface area contributed by atoms with E-state index in [1.165, 1.54) is 0 Å². The Kier molecular flexibility index (Phi) is 19.3. The van der Waals surface area contributed by atoms with E-state index >= 15 is 0 Å². The Morgan fingerprint density at radius 1 is 0.390 bits per heavy atom. The third-order valence-corrected chi connectivity index (χ3v) is 13.8. The second-order valence-electron chi connectivity index (χ2n) is 24.6. The van der Waals surface area contributed by atoms with Gasteiger partial charge in [-0.3, -0.25) is 0 Å². The molecule has 82 heavy (non-hydrogen) atoms. The van der Waals surface area contributed by atoms with E-state index in [9.17, 15) is 19.2 Å². The molecule has 2 aromatic carbocycles. The van der Waals surface area contributed by atoms with Gasteiger partial charge in [0.25, 0.3) is 0 Å². The van der Waals surface area contributed by atoms with Crippen molar-refractivity contribution in [2.45, 2.75) is 198 Å². The number of rotatable bonds is 14. The van der Waals surface area contributed by atoms with Crippen LogP contribution in [0.3, 0.4) is 0 Å². The van der Waals surface area contributed by atoms with Gasteiger partial charge < -0.3 is 38.9 Å². The summed E-state index contributed by atoms with van der Waals surface area (Å²) < 4.78 is 23.5. The Morgan fingerprint density at radius 2 is 0.622 bits per heavy atom. The summed E-state index contributed by atoms with van der Waals surface area (Å²) in [5.74, 6) is 20.9. The summed E-state index contributed by atoms with van der Waals surface area (Å²) >= 11 is 0. The van der Waals surface area contributed by atoms with E-state index in [0.717, 1.165) is 78.4 Å². The van der Waals surface area contributed by atoms with Gasteiger partial charge in [0.2, 0.25) is 0 Å². The standard InChI is InChI=1S/C70H82N4O8/c1-21-49-41(5)55(71-59(49)63(75)79-67(9,10)11)53(56-42(6)50(22-2)60(72-56)64(76)80-68(12,13)14)47-37-31-35-45(39-47)33-29-27-25-26-28-30-34-46-36-32-38-48(40-46)54(57-43(7)51(23-3)61(73-57)65(77)81-69(15,16)17)58-44(8)52(24-4)62(74-58)66(78)82-70(18,19)20/h31-32,35-40,53-54,71-74H,21-24H2,1-20H3. The van der Waals surface area contributed by atoms with Crippen LogP contribution in [0.25, 0.3) is 0 Å². The van der Waals surface area contributed by atoms with Gasteiger partial charge in [0.1, 0.15) is 45.2 Å². The monoisotopic (exact) mass is 1110 g/mol. The summed E-state index contributed by atoms with van der Waals surface area (Å²) in [5, 5.41) is 0. The van der Waals surface area contributed by atoms with Crippen LogP contribution in [-0.4, -0.2) is 66.2 Å². The molecule has 0 aliphatic carbocycles. The van der Waals surface area contributed by atoms with E-state index in [4.69, 9.17) is 18.9 Å². The topological polar surface area (TPSA) is 168 Å². The zero-order valence-corrected chi connectivity index (χ0v) is 51.9. The van der Waals surface area contributed by atoms with Crippen molar-refractivity contribution < 1.29 is 38.1 Å². The molecular formula is C70H82N4O8. The number of benzene rings is 2. The Balaban J connectivity index is 1.36. The molecule has 6 aromatic rings. The summed E-state index contributed by atoms with van der Waals surface area (Å²) in [6, 6.07) is 15.7. The fourth-order valence-corrected chi connectivity index (χ4v) is 10.4. The molecule has 0 radical (unpaired) electrons. The van der Waals surface area contributed by atoms with E-state index in [0.29, 0.717) is 59.6 Å². The molecule has 430 valence electrons. The molecule has 0 atom stereocenters. The maximum absolute atomic E-state index is 13.7. The van der Waals surface area contributed by atoms with E-state index in [1.807, 2.05) is 187 Å². The van der Waals surface area contributed by atoms with Crippen LogP contribution < -0.4 is 0 Å². The number of hydrogen-bond acceptors (Lipinski definition) is 8. The average Bonchev–Trinajstić information content (AvgIpc) is 3.93. The van der Waals surface area contributed by atoms with Crippen molar-refractivity contribution in [1.82, 2.24) is 19.9 Å². The first-order valence-corrected chi connectivity index (χ1v) is 28.3. The smallest absolute Gasteiger partial charge is 0.355 e. The second kappa shape index (κ2) is 25.2. The molecule has 0 saturated heterocycles. The molecule has 4 heterocycles. The number of nitrogens with one attached hydrogen (secondary N) is 4. The largest absolute Gasteiger partial charge is 0.455 e. The van der Waals surface area contributed by atoms with Crippen LogP contribution in [0.5, 0.6) is 0 Å². The minimum absolute atomic E-state index is 0.398. The van der Waals surface area contributed by atoms with E-state index in [1.54, 1.807) is 0 Å². The number of H-pyrrole nitrogens is 4. The average molecular weight is 1110 g/mol. The highest BCUT2D eigenvalue weighted by molar-refractivity contribution is 5.93. The van der Waals surface area contributed by atoms with E-state index in [-0.39, 0.29) is 0 Å². The third-order valence-electron chi connectivity index (χ3n) is 13.8.